The zero-order chi connectivity index (χ0) is 13.6. The number of hydrogen-bond donors (Lipinski definition) is 2. The summed E-state index contributed by atoms with van der Waals surface area (Å²) in [6.45, 7) is 0. The maximum absolute atomic E-state index is 11.7. The number of fused-ring (bicyclic) bond motifs is 1. The van der Waals surface area contributed by atoms with Crippen molar-refractivity contribution in [3.05, 3.63) is 35.0 Å². The molecule has 2 aromatic rings. The van der Waals surface area contributed by atoms with Crippen LogP contribution in [0.15, 0.2) is 29.4 Å². The molecule has 1 aromatic heterocycles. The molecule has 19 heavy (non-hydrogen) atoms. The van der Waals surface area contributed by atoms with E-state index in [0.717, 1.165) is 10.9 Å². The van der Waals surface area contributed by atoms with Gasteiger partial charge in [-0.2, -0.15) is 0 Å². The van der Waals surface area contributed by atoms with E-state index in [9.17, 15) is 9.59 Å². The first-order chi connectivity index (χ1) is 9.11. The Bertz CT molecular complexity index is 745. The summed E-state index contributed by atoms with van der Waals surface area (Å²) in [4.78, 5) is 26.2. The summed E-state index contributed by atoms with van der Waals surface area (Å²) < 4.78 is 5.12. The second-order valence-corrected chi connectivity index (χ2v) is 4.46. The van der Waals surface area contributed by atoms with Crippen LogP contribution in [-0.2, 0) is 9.59 Å². The molecule has 2 heterocycles. The van der Waals surface area contributed by atoms with E-state index in [1.54, 1.807) is 19.4 Å². The summed E-state index contributed by atoms with van der Waals surface area (Å²) in [6, 6.07) is 5.40. The van der Waals surface area contributed by atoms with Gasteiger partial charge in [0, 0.05) is 28.7 Å². The molecule has 0 aliphatic carbocycles. The molecule has 2 amide bonds. The summed E-state index contributed by atoms with van der Waals surface area (Å²) in [6.07, 6.45) is 1.65. The van der Waals surface area contributed by atoms with E-state index in [1.165, 1.54) is 0 Å². The highest BCUT2D eigenvalue weighted by Crippen LogP contribution is 2.33. The Labute approximate surface area is 113 Å². The topological polar surface area (TPSA) is 71.2 Å². The van der Waals surface area contributed by atoms with Crippen LogP contribution in [-0.4, -0.2) is 23.9 Å². The maximum atomic E-state index is 11.7. The smallest absolute Gasteiger partial charge is 0.270 e. The monoisotopic (exact) mass is 276 g/mol. The molecule has 0 fully saturated rings. The van der Waals surface area contributed by atoms with Crippen LogP contribution in [0.25, 0.3) is 16.5 Å². The Balaban J connectivity index is 2.22. The molecule has 0 unspecified atom stereocenters. The number of benzene rings is 1. The first-order valence-electron chi connectivity index (χ1n) is 5.52. The number of nitrogens with one attached hydrogen (secondary N) is 2. The molecule has 1 aliphatic rings. The number of carbonyl (C=O) groups excluding carboxylic acids is 2. The number of imide groups is 1. The van der Waals surface area contributed by atoms with E-state index in [1.807, 2.05) is 12.1 Å². The lowest BCUT2D eigenvalue weighted by molar-refractivity contribution is -0.123. The van der Waals surface area contributed by atoms with Gasteiger partial charge in [0.05, 0.1) is 12.7 Å². The van der Waals surface area contributed by atoms with Crippen LogP contribution in [0.4, 0.5) is 0 Å². The molecule has 0 saturated carbocycles. The van der Waals surface area contributed by atoms with Crippen molar-refractivity contribution in [3.63, 3.8) is 0 Å². The highest BCUT2D eigenvalue weighted by Gasteiger charge is 2.31. The van der Waals surface area contributed by atoms with Crippen molar-refractivity contribution >= 4 is 39.9 Å². The third kappa shape index (κ3) is 1.70. The van der Waals surface area contributed by atoms with Crippen molar-refractivity contribution in [3.8, 4) is 5.75 Å². The van der Waals surface area contributed by atoms with E-state index in [2.05, 4.69) is 10.3 Å². The van der Waals surface area contributed by atoms with Gasteiger partial charge in [-0.1, -0.05) is 11.6 Å². The minimum absolute atomic E-state index is 0.0817. The third-order valence-electron chi connectivity index (χ3n) is 3.03. The van der Waals surface area contributed by atoms with Crippen molar-refractivity contribution in [1.29, 1.82) is 0 Å². The van der Waals surface area contributed by atoms with Gasteiger partial charge in [0.15, 0.2) is 0 Å². The molecule has 6 heteroatoms. The fourth-order valence-corrected chi connectivity index (χ4v) is 2.35. The van der Waals surface area contributed by atoms with Crippen LogP contribution in [0, 0.1) is 0 Å². The number of aromatic nitrogens is 1. The minimum atomic E-state index is -0.565. The molecule has 0 saturated heterocycles. The molecule has 0 bridgehead atoms. The Hall–Kier alpha value is -2.27. The predicted octanol–water partition coefficient (Wildman–Crippen LogP) is 1.78. The summed E-state index contributed by atoms with van der Waals surface area (Å²) in [5, 5.41) is 2.89. The molecular weight excluding hydrogens is 268 g/mol. The van der Waals surface area contributed by atoms with Crippen LogP contribution < -0.4 is 10.1 Å². The van der Waals surface area contributed by atoms with Crippen LogP contribution in [0.3, 0.4) is 0 Å². The van der Waals surface area contributed by atoms with Gasteiger partial charge in [0.2, 0.25) is 0 Å². The van der Waals surface area contributed by atoms with E-state index >= 15 is 0 Å². The zero-order valence-corrected chi connectivity index (χ0v) is 10.7. The van der Waals surface area contributed by atoms with Gasteiger partial charge in [-0.25, -0.2) is 0 Å². The lowest BCUT2D eigenvalue weighted by Crippen LogP contribution is -2.22. The van der Waals surface area contributed by atoms with Crippen molar-refractivity contribution < 1.29 is 14.3 Å². The van der Waals surface area contributed by atoms with Gasteiger partial charge >= 0.3 is 0 Å². The summed E-state index contributed by atoms with van der Waals surface area (Å²) >= 11 is 5.88. The normalized spacial score (nSPS) is 15.3. The molecule has 96 valence electrons. The Kier molecular flexibility index (Phi) is 2.57. The second kappa shape index (κ2) is 4.13. The molecular formula is C13H9ClN2O3. The van der Waals surface area contributed by atoms with Gasteiger partial charge in [-0.15, -0.1) is 0 Å². The van der Waals surface area contributed by atoms with Crippen molar-refractivity contribution in [2.24, 2.45) is 0 Å². The lowest BCUT2D eigenvalue weighted by Gasteiger charge is -2.01. The number of methoxy groups -OCH3 is 1. The maximum Gasteiger partial charge on any atom is 0.270 e. The molecule has 1 aliphatic heterocycles. The van der Waals surface area contributed by atoms with E-state index < -0.39 is 11.8 Å². The number of H-pyrrole nitrogens is 1. The lowest BCUT2D eigenvalue weighted by atomic mass is 10.1. The predicted molar refractivity (Wildman–Crippen MR) is 70.8 cm³/mol. The summed E-state index contributed by atoms with van der Waals surface area (Å²) in [5.74, 6) is -0.343. The average molecular weight is 277 g/mol. The van der Waals surface area contributed by atoms with Crippen molar-refractivity contribution in [2.75, 3.05) is 7.11 Å². The standard InChI is InChI=1S/C13H9ClN2O3/c1-19-6-2-3-7-8(5-15-9(7)4-6)10-11(14)13(18)16-12(10)17/h2-5,15H,1H3,(H,16,17,18). The number of amides is 2. The first kappa shape index (κ1) is 11.8. The Morgan fingerprint density at radius 2 is 2.00 bits per heavy atom. The van der Waals surface area contributed by atoms with Crippen LogP contribution in [0.1, 0.15) is 5.56 Å². The fourth-order valence-electron chi connectivity index (χ4n) is 2.11. The third-order valence-corrected chi connectivity index (χ3v) is 3.39. The molecule has 5 nitrogen and oxygen atoms in total. The molecule has 0 radical (unpaired) electrons. The van der Waals surface area contributed by atoms with E-state index in [-0.39, 0.29) is 10.6 Å². The van der Waals surface area contributed by atoms with Crippen molar-refractivity contribution in [2.45, 2.75) is 0 Å². The molecule has 1 aromatic carbocycles. The second-order valence-electron chi connectivity index (χ2n) is 4.09. The van der Waals surface area contributed by atoms with E-state index in [0.29, 0.717) is 11.3 Å². The molecule has 0 spiro atoms. The number of ether oxygens (including phenoxy) is 1. The fraction of sp³-hybridized carbons (Fsp3) is 0.0769. The highest BCUT2D eigenvalue weighted by atomic mass is 35.5. The minimum Gasteiger partial charge on any atom is -0.497 e. The first-order valence-corrected chi connectivity index (χ1v) is 5.90. The summed E-state index contributed by atoms with van der Waals surface area (Å²) in [7, 11) is 1.58. The van der Waals surface area contributed by atoms with Crippen LogP contribution in [0.5, 0.6) is 5.75 Å². The Morgan fingerprint density at radius 3 is 2.63 bits per heavy atom. The Morgan fingerprint density at radius 1 is 1.21 bits per heavy atom. The van der Waals surface area contributed by atoms with Gasteiger partial charge in [-0.05, 0) is 12.1 Å². The number of rotatable bonds is 2. The number of carbonyl (C=O) groups is 2. The van der Waals surface area contributed by atoms with Gasteiger partial charge in [-0.3, -0.25) is 14.9 Å². The zero-order valence-electron chi connectivity index (χ0n) is 9.91. The quantitative estimate of drug-likeness (QED) is 0.822. The highest BCUT2D eigenvalue weighted by molar-refractivity contribution is 6.55. The molecule has 2 N–H and O–H groups in total. The van der Waals surface area contributed by atoms with Gasteiger partial charge < -0.3 is 9.72 Å². The number of halogens is 1. The summed E-state index contributed by atoms with van der Waals surface area (Å²) in [5.41, 5.74) is 1.60. The largest absolute Gasteiger partial charge is 0.497 e. The van der Waals surface area contributed by atoms with E-state index in [4.69, 9.17) is 16.3 Å². The number of hydrogen-bond acceptors (Lipinski definition) is 3. The SMILES string of the molecule is COc1ccc2c(C3=C(Cl)C(=O)NC3=O)c[nH]c2c1. The average Bonchev–Trinajstić information content (AvgIpc) is 2.91. The van der Waals surface area contributed by atoms with Crippen LogP contribution >= 0.6 is 11.6 Å². The van der Waals surface area contributed by atoms with Crippen molar-refractivity contribution in [1.82, 2.24) is 10.3 Å². The van der Waals surface area contributed by atoms with Gasteiger partial charge in [0.1, 0.15) is 10.8 Å². The van der Waals surface area contributed by atoms with Crippen LogP contribution in [0.2, 0.25) is 0 Å². The molecule has 3 rings (SSSR count). The number of aromatic amines is 1. The molecule has 0 atom stereocenters. The van der Waals surface area contributed by atoms with Gasteiger partial charge in [0.25, 0.3) is 11.8 Å².